The van der Waals surface area contributed by atoms with Crippen molar-refractivity contribution in [2.45, 2.75) is 25.7 Å². The van der Waals surface area contributed by atoms with E-state index < -0.39 is 0 Å². The Balaban J connectivity index is 1.38. The molecule has 2 aliphatic carbocycles. The molecule has 0 bridgehead atoms. The second-order valence-electron chi connectivity index (χ2n) is 12.9. The molecule has 0 fully saturated rings. The lowest BCUT2D eigenvalue weighted by Crippen LogP contribution is -2.08. The third-order valence-electron chi connectivity index (χ3n) is 10.1. The fraction of sp³-hybridized carbons (Fsp3) is 0.0889. The van der Waals surface area contributed by atoms with Gasteiger partial charge in [0.15, 0.2) is 5.58 Å². The molecule has 2 heterocycles. The third-order valence-corrected chi connectivity index (χ3v) is 10.1. The Morgan fingerprint density at radius 3 is 1.77 bits per heavy atom. The van der Waals surface area contributed by atoms with Crippen molar-refractivity contribution in [1.82, 2.24) is 9.55 Å². The standard InChI is InChI=1S/C45H32N2O/c1-4-14-29(15-5-1)32-26-33(30-16-6-2-7-17-30)28-34(27-32)47-40-25-24-39-44(48-45(46-39)31-18-8-3-9-19-31)42(40)41-37-22-12-10-20-35(37)36-21-11-13-23-38(36)43(41)47/h1-9,12-19,22-28H,10-11,20-21H2. The number of fused-ring (bicyclic) bond motifs is 10. The summed E-state index contributed by atoms with van der Waals surface area (Å²) in [5, 5.41) is 2.39. The molecule has 3 heteroatoms. The highest BCUT2D eigenvalue weighted by Crippen LogP contribution is 2.47. The van der Waals surface area contributed by atoms with Gasteiger partial charge in [-0.1, -0.05) is 103 Å². The van der Waals surface area contributed by atoms with Gasteiger partial charge in [-0.05, 0) is 107 Å². The van der Waals surface area contributed by atoms with E-state index in [9.17, 15) is 0 Å². The van der Waals surface area contributed by atoms with E-state index in [1.165, 1.54) is 55.4 Å². The Morgan fingerprint density at radius 1 is 0.542 bits per heavy atom. The predicted octanol–water partition coefficient (Wildman–Crippen LogP) is 11.8. The molecule has 0 radical (unpaired) electrons. The molecule has 0 unspecified atom stereocenters. The Bertz CT molecular complexity index is 2530. The van der Waals surface area contributed by atoms with Gasteiger partial charge < -0.3 is 8.98 Å². The number of allylic oxidation sites excluding steroid dienone is 2. The van der Waals surface area contributed by atoms with Gasteiger partial charge in [0.05, 0.1) is 16.4 Å². The smallest absolute Gasteiger partial charge is 0.227 e. The zero-order valence-electron chi connectivity index (χ0n) is 26.5. The summed E-state index contributed by atoms with van der Waals surface area (Å²) in [5.41, 5.74) is 16.7. The first-order chi connectivity index (χ1) is 23.8. The molecule has 6 aromatic carbocycles. The average Bonchev–Trinajstić information content (AvgIpc) is 3.76. The maximum Gasteiger partial charge on any atom is 0.227 e. The molecule has 2 aliphatic rings. The summed E-state index contributed by atoms with van der Waals surface area (Å²) in [5.74, 6) is 0.652. The van der Waals surface area contributed by atoms with E-state index in [1.54, 1.807) is 0 Å². The maximum atomic E-state index is 6.78. The van der Waals surface area contributed by atoms with Crippen molar-refractivity contribution in [3.8, 4) is 39.4 Å². The Hall–Kier alpha value is -5.93. The molecular weight excluding hydrogens is 585 g/mol. The molecule has 0 atom stereocenters. The first-order valence-corrected chi connectivity index (χ1v) is 16.9. The van der Waals surface area contributed by atoms with Crippen LogP contribution < -0.4 is 0 Å². The monoisotopic (exact) mass is 616 g/mol. The van der Waals surface area contributed by atoms with Crippen LogP contribution in [0.15, 0.2) is 138 Å². The minimum Gasteiger partial charge on any atom is -0.435 e. The van der Waals surface area contributed by atoms with Crippen molar-refractivity contribution >= 4 is 45.1 Å². The fourth-order valence-corrected chi connectivity index (χ4v) is 8.00. The zero-order valence-corrected chi connectivity index (χ0v) is 26.5. The summed E-state index contributed by atoms with van der Waals surface area (Å²) in [6.07, 6.45) is 13.7. The highest BCUT2D eigenvalue weighted by Gasteiger charge is 2.28. The van der Waals surface area contributed by atoms with Gasteiger partial charge in [-0.25, -0.2) is 4.98 Å². The first kappa shape index (κ1) is 27.2. The predicted molar refractivity (Wildman–Crippen MR) is 199 cm³/mol. The molecule has 48 heavy (non-hydrogen) atoms. The molecular formula is C45H32N2O. The van der Waals surface area contributed by atoms with Gasteiger partial charge in [0, 0.05) is 22.2 Å². The van der Waals surface area contributed by atoms with E-state index in [-0.39, 0.29) is 0 Å². The summed E-state index contributed by atoms with van der Waals surface area (Å²) in [4.78, 5) is 5.02. The van der Waals surface area contributed by atoms with Crippen molar-refractivity contribution in [1.29, 1.82) is 0 Å². The summed E-state index contributed by atoms with van der Waals surface area (Å²) < 4.78 is 9.28. The maximum absolute atomic E-state index is 6.78. The Labute approximate surface area is 279 Å². The first-order valence-electron chi connectivity index (χ1n) is 16.9. The molecule has 0 spiro atoms. The fourth-order valence-electron chi connectivity index (χ4n) is 8.00. The highest BCUT2D eigenvalue weighted by molar-refractivity contribution is 6.23. The SMILES string of the molecule is C1=Cc2c(c3c(c4c2c2c5oc(-c6ccccc6)nc5ccc2n4-c2cc(-c4ccccc4)cc(-c4ccccc4)c2)C=CCC3)CC1. The molecule has 3 nitrogen and oxygen atoms in total. The topological polar surface area (TPSA) is 31.0 Å². The molecule has 0 aliphatic heterocycles. The number of benzene rings is 6. The molecule has 2 aromatic heterocycles. The van der Waals surface area contributed by atoms with Crippen LogP contribution in [-0.4, -0.2) is 9.55 Å². The van der Waals surface area contributed by atoms with Crippen LogP contribution >= 0.6 is 0 Å². The molecule has 0 saturated heterocycles. The van der Waals surface area contributed by atoms with Crippen molar-refractivity contribution in [3.05, 3.63) is 156 Å². The van der Waals surface area contributed by atoms with Gasteiger partial charge in [-0.15, -0.1) is 0 Å². The van der Waals surface area contributed by atoms with Gasteiger partial charge in [0.1, 0.15) is 5.52 Å². The van der Waals surface area contributed by atoms with E-state index in [2.05, 4.69) is 132 Å². The van der Waals surface area contributed by atoms with Crippen LogP contribution in [0.25, 0.3) is 84.5 Å². The molecule has 8 aromatic rings. The number of nitrogens with zero attached hydrogens (tertiary/aromatic N) is 2. The zero-order chi connectivity index (χ0) is 31.6. The van der Waals surface area contributed by atoms with E-state index >= 15 is 0 Å². The summed E-state index contributed by atoms with van der Waals surface area (Å²) in [7, 11) is 0. The third kappa shape index (κ3) is 4.17. The molecule has 0 amide bonds. The number of hydrogen-bond acceptors (Lipinski definition) is 2. The minimum atomic E-state index is 0.652. The van der Waals surface area contributed by atoms with E-state index in [0.717, 1.165) is 58.9 Å². The Morgan fingerprint density at radius 2 is 1.12 bits per heavy atom. The van der Waals surface area contributed by atoms with Crippen molar-refractivity contribution in [2.24, 2.45) is 0 Å². The summed E-state index contributed by atoms with van der Waals surface area (Å²) in [6, 6.07) is 43.1. The average molecular weight is 617 g/mol. The van der Waals surface area contributed by atoms with Crippen LogP contribution in [0.4, 0.5) is 0 Å². The van der Waals surface area contributed by atoms with Crippen LogP contribution in [0.5, 0.6) is 0 Å². The number of oxazole rings is 1. The molecule has 10 rings (SSSR count). The number of hydrogen-bond donors (Lipinski definition) is 0. The van der Waals surface area contributed by atoms with Gasteiger partial charge in [-0.3, -0.25) is 0 Å². The second-order valence-corrected chi connectivity index (χ2v) is 12.9. The molecule has 0 saturated carbocycles. The van der Waals surface area contributed by atoms with Gasteiger partial charge in [0.25, 0.3) is 0 Å². The minimum absolute atomic E-state index is 0.652. The van der Waals surface area contributed by atoms with Gasteiger partial charge in [-0.2, -0.15) is 0 Å². The number of rotatable bonds is 4. The van der Waals surface area contributed by atoms with Crippen molar-refractivity contribution < 1.29 is 4.42 Å². The van der Waals surface area contributed by atoms with Gasteiger partial charge >= 0.3 is 0 Å². The quantitative estimate of drug-likeness (QED) is 0.197. The lowest BCUT2D eigenvalue weighted by atomic mass is 9.82. The summed E-state index contributed by atoms with van der Waals surface area (Å²) >= 11 is 0. The lowest BCUT2D eigenvalue weighted by molar-refractivity contribution is 0.623. The number of aromatic nitrogens is 2. The molecule has 0 N–H and O–H groups in total. The van der Waals surface area contributed by atoms with E-state index in [4.69, 9.17) is 9.40 Å². The molecule has 228 valence electrons. The van der Waals surface area contributed by atoms with Crippen molar-refractivity contribution in [3.63, 3.8) is 0 Å². The van der Waals surface area contributed by atoms with Crippen LogP contribution in [0, 0.1) is 0 Å². The van der Waals surface area contributed by atoms with Crippen LogP contribution in [-0.2, 0) is 12.8 Å². The van der Waals surface area contributed by atoms with E-state index in [1.807, 2.05) is 18.2 Å². The lowest BCUT2D eigenvalue weighted by Gasteiger charge is -2.23. The normalized spacial score (nSPS) is 13.8. The summed E-state index contributed by atoms with van der Waals surface area (Å²) in [6.45, 7) is 0. The van der Waals surface area contributed by atoms with Gasteiger partial charge in [0.2, 0.25) is 5.89 Å². The van der Waals surface area contributed by atoms with Crippen LogP contribution in [0.3, 0.4) is 0 Å². The van der Waals surface area contributed by atoms with Crippen LogP contribution in [0.1, 0.15) is 35.1 Å². The highest BCUT2D eigenvalue weighted by atomic mass is 16.3. The largest absolute Gasteiger partial charge is 0.435 e. The second kappa shape index (κ2) is 10.8. The van der Waals surface area contributed by atoms with Crippen molar-refractivity contribution in [2.75, 3.05) is 0 Å². The van der Waals surface area contributed by atoms with E-state index in [0.29, 0.717) is 5.89 Å². The Kier molecular flexibility index (Phi) is 6.13. The van der Waals surface area contributed by atoms with Crippen LogP contribution in [0.2, 0.25) is 0 Å².